The Morgan fingerprint density at radius 1 is 1.25 bits per heavy atom. The minimum atomic E-state index is -0.557. The van der Waals surface area contributed by atoms with E-state index in [1.807, 2.05) is 0 Å². The molecule has 1 heterocycles. The quantitative estimate of drug-likeness (QED) is 0.598. The molecule has 1 aromatic rings. The summed E-state index contributed by atoms with van der Waals surface area (Å²) in [6, 6.07) is 3.93. The van der Waals surface area contributed by atoms with Crippen molar-refractivity contribution in [3.8, 4) is 0 Å². The predicted molar refractivity (Wildman–Crippen MR) is 98.8 cm³/mol. The fourth-order valence-corrected chi connectivity index (χ4v) is 2.98. The van der Waals surface area contributed by atoms with Crippen LogP contribution in [-0.4, -0.2) is 36.0 Å². The lowest BCUT2D eigenvalue weighted by atomic mass is 9.94. The Bertz CT molecular complexity index is 526. The maximum atomic E-state index is 13.4. The van der Waals surface area contributed by atoms with Gasteiger partial charge in [-0.15, -0.1) is 24.8 Å². The third-order valence-electron chi connectivity index (χ3n) is 4.16. The Morgan fingerprint density at radius 3 is 2.42 bits per heavy atom. The first-order valence-electron chi connectivity index (χ1n) is 7.87. The summed E-state index contributed by atoms with van der Waals surface area (Å²) < 4.78 is 13.4. The van der Waals surface area contributed by atoms with E-state index >= 15 is 0 Å². The average Bonchev–Trinajstić information content (AvgIpc) is 2.49. The van der Waals surface area contributed by atoms with Crippen LogP contribution in [-0.2, 0) is 0 Å². The first-order chi connectivity index (χ1) is 10.5. The van der Waals surface area contributed by atoms with E-state index in [1.54, 1.807) is 6.07 Å². The molecular formula is C16H26Cl2FN3O2. The van der Waals surface area contributed by atoms with Gasteiger partial charge in [0, 0.05) is 37.8 Å². The van der Waals surface area contributed by atoms with Crippen LogP contribution in [0.2, 0.25) is 0 Å². The van der Waals surface area contributed by atoms with Gasteiger partial charge in [0.15, 0.2) is 0 Å². The summed E-state index contributed by atoms with van der Waals surface area (Å²) in [4.78, 5) is 13.1. The first kappa shape index (κ1) is 23.1. The van der Waals surface area contributed by atoms with Gasteiger partial charge in [0.05, 0.1) is 11.0 Å². The van der Waals surface area contributed by atoms with E-state index in [1.165, 1.54) is 6.07 Å². The smallest absolute Gasteiger partial charge is 0.277 e. The van der Waals surface area contributed by atoms with Crippen LogP contribution in [0.5, 0.6) is 0 Å². The molecule has 0 radical (unpaired) electrons. The minimum Gasteiger partial charge on any atom is -0.314 e. The monoisotopic (exact) mass is 381 g/mol. The third kappa shape index (κ3) is 6.16. The highest BCUT2D eigenvalue weighted by Crippen LogP contribution is 2.34. The van der Waals surface area contributed by atoms with E-state index < -0.39 is 10.7 Å². The van der Waals surface area contributed by atoms with E-state index in [2.05, 4.69) is 24.1 Å². The van der Waals surface area contributed by atoms with Gasteiger partial charge < -0.3 is 5.32 Å². The minimum absolute atomic E-state index is 0. The number of halogens is 3. The van der Waals surface area contributed by atoms with Gasteiger partial charge in [0.25, 0.3) is 5.69 Å². The van der Waals surface area contributed by atoms with Gasteiger partial charge in [0.2, 0.25) is 0 Å². The molecule has 138 valence electrons. The first-order valence-corrected chi connectivity index (χ1v) is 7.87. The highest BCUT2D eigenvalue weighted by molar-refractivity contribution is 5.85. The Labute approximate surface area is 155 Å². The molecule has 0 unspecified atom stereocenters. The van der Waals surface area contributed by atoms with Crippen molar-refractivity contribution in [2.24, 2.45) is 5.92 Å². The highest BCUT2D eigenvalue weighted by atomic mass is 35.5. The molecule has 0 amide bonds. The van der Waals surface area contributed by atoms with Gasteiger partial charge in [-0.1, -0.05) is 13.8 Å². The Hall–Kier alpha value is -0.950. The molecule has 0 spiro atoms. The molecule has 1 saturated heterocycles. The zero-order valence-electron chi connectivity index (χ0n) is 14.0. The largest absolute Gasteiger partial charge is 0.314 e. The summed E-state index contributed by atoms with van der Waals surface area (Å²) in [6.07, 6.45) is 1.84. The lowest BCUT2D eigenvalue weighted by Crippen LogP contribution is -2.45. The summed E-state index contributed by atoms with van der Waals surface area (Å²) in [5.74, 6) is -0.0247. The van der Waals surface area contributed by atoms with Crippen molar-refractivity contribution in [1.29, 1.82) is 0 Å². The average molecular weight is 382 g/mol. The van der Waals surface area contributed by atoms with Crippen LogP contribution in [0.1, 0.15) is 38.3 Å². The number of hydrogen-bond acceptors (Lipinski definition) is 4. The Morgan fingerprint density at radius 2 is 1.88 bits per heavy atom. The topological polar surface area (TPSA) is 58.4 Å². The molecule has 1 atom stereocenters. The molecule has 2 rings (SSSR count). The summed E-state index contributed by atoms with van der Waals surface area (Å²) in [6.45, 7) is 7.77. The van der Waals surface area contributed by atoms with Gasteiger partial charge in [-0.3, -0.25) is 15.0 Å². The summed E-state index contributed by atoms with van der Waals surface area (Å²) in [5, 5.41) is 14.6. The Balaban J connectivity index is 0.00000264. The van der Waals surface area contributed by atoms with Crippen molar-refractivity contribution in [3.05, 3.63) is 39.7 Å². The third-order valence-corrected chi connectivity index (χ3v) is 4.16. The van der Waals surface area contributed by atoms with E-state index in [4.69, 9.17) is 0 Å². The van der Waals surface area contributed by atoms with Crippen molar-refractivity contribution in [1.82, 2.24) is 10.2 Å². The number of rotatable bonds is 6. The van der Waals surface area contributed by atoms with E-state index in [-0.39, 0.29) is 36.5 Å². The maximum Gasteiger partial charge on any atom is 0.277 e. The van der Waals surface area contributed by atoms with Gasteiger partial charge in [-0.25, -0.2) is 4.39 Å². The van der Waals surface area contributed by atoms with Crippen molar-refractivity contribution < 1.29 is 9.31 Å². The Kier molecular flexibility index (Phi) is 10.4. The van der Waals surface area contributed by atoms with Crippen LogP contribution >= 0.6 is 24.8 Å². The van der Waals surface area contributed by atoms with Crippen LogP contribution in [0.15, 0.2) is 18.2 Å². The molecule has 1 fully saturated rings. The molecule has 1 N–H and O–H groups in total. The van der Waals surface area contributed by atoms with Gasteiger partial charge in [0.1, 0.15) is 5.82 Å². The number of nitro benzene ring substituents is 1. The van der Waals surface area contributed by atoms with Crippen molar-refractivity contribution >= 4 is 30.5 Å². The lowest BCUT2D eigenvalue weighted by molar-refractivity contribution is -0.386. The molecule has 24 heavy (non-hydrogen) atoms. The standard InChI is InChI=1S/C16H24FN3O2.2ClH/c1-12(2)3-6-15(19-9-7-18-8-10-19)14-5-4-13(17)11-16(14)20(21)22;;/h4-5,11-12,15,18H,3,6-10H2,1-2H3;2*1H/t15-;;/m1../s1. The van der Waals surface area contributed by atoms with Crippen LogP contribution in [0.3, 0.4) is 0 Å². The molecule has 5 nitrogen and oxygen atoms in total. The van der Waals surface area contributed by atoms with Crippen LogP contribution in [0.4, 0.5) is 10.1 Å². The predicted octanol–water partition coefficient (Wildman–Crippen LogP) is 3.96. The number of nitrogens with one attached hydrogen (secondary N) is 1. The van der Waals surface area contributed by atoms with Gasteiger partial charge >= 0.3 is 0 Å². The normalized spacial score (nSPS) is 16.2. The van der Waals surface area contributed by atoms with Gasteiger partial charge in [-0.2, -0.15) is 0 Å². The second-order valence-electron chi connectivity index (χ2n) is 6.23. The number of benzene rings is 1. The second-order valence-corrected chi connectivity index (χ2v) is 6.23. The van der Waals surface area contributed by atoms with Crippen LogP contribution in [0.25, 0.3) is 0 Å². The number of nitro groups is 1. The van der Waals surface area contributed by atoms with Crippen LogP contribution in [0, 0.1) is 21.8 Å². The number of hydrogen-bond donors (Lipinski definition) is 1. The van der Waals surface area contributed by atoms with Gasteiger partial charge in [-0.05, 0) is 30.9 Å². The summed E-state index contributed by atoms with van der Waals surface area (Å²) in [7, 11) is 0. The molecule has 1 aliphatic rings. The molecule has 8 heteroatoms. The number of piperazine rings is 1. The molecule has 1 aliphatic heterocycles. The molecule has 0 aromatic heterocycles. The SMILES string of the molecule is CC(C)CC[C@H](c1ccc(F)cc1[N+](=O)[O-])N1CCNCC1.Cl.Cl. The lowest BCUT2D eigenvalue weighted by Gasteiger charge is -2.35. The molecular weight excluding hydrogens is 356 g/mol. The molecule has 0 bridgehead atoms. The second kappa shape index (κ2) is 10.8. The van der Waals surface area contributed by atoms with Crippen molar-refractivity contribution in [3.63, 3.8) is 0 Å². The molecule has 1 aromatic carbocycles. The van der Waals surface area contributed by atoms with Crippen molar-refractivity contribution in [2.75, 3.05) is 26.2 Å². The van der Waals surface area contributed by atoms with Crippen LogP contribution < -0.4 is 5.32 Å². The molecule has 0 saturated carbocycles. The maximum absolute atomic E-state index is 13.4. The molecule has 0 aliphatic carbocycles. The zero-order chi connectivity index (χ0) is 16.1. The highest BCUT2D eigenvalue weighted by Gasteiger charge is 2.28. The van der Waals surface area contributed by atoms with E-state index in [0.29, 0.717) is 11.5 Å². The number of nitrogens with zero attached hydrogens (tertiary/aromatic N) is 2. The zero-order valence-corrected chi connectivity index (χ0v) is 15.7. The van der Waals surface area contributed by atoms with Crippen molar-refractivity contribution in [2.45, 2.75) is 32.7 Å². The van der Waals surface area contributed by atoms with E-state index in [9.17, 15) is 14.5 Å². The fraction of sp³-hybridized carbons (Fsp3) is 0.625. The fourth-order valence-electron chi connectivity index (χ4n) is 2.98. The van der Waals surface area contributed by atoms with E-state index in [0.717, 1.165) is 45.1 Å². The summed E-state index contributed by atoms with van der Waals surface area (Å²) >= 11 is 0. The summed E-state index contributed by atoms with van der Waals surface area (Å²) in [5.41, 5.74) is 0.529.